The van der Waals surface area contributed by atoms with Gasteiger partial charge in [-0.05, 0) is 55.6 Å². The molecule has 0 spiro atoms. The highest BCUT2D eigenvalue weighted by atomic mass is 35.5. The van der Waals surface area contributed by atoms with Gasteiger partial charge in [-0.15, -0.1) is 11.8 Å². The highest BCUT2D eigenvalue weighted by Crippen LogP contribution is 2.40. The van der Waals surface area contributed by atoms with Gasteiger partial charge in [-0.3, -0.25) is 4.79 Å². The largest absolute Gasteiger partial charge is 0.398 e. The van der Waals surface area contributed by atoms with Crippen molar-refractivity contribution in [1.82, 2.24) is 24.8 Å². The number of allylic oxidation sites excluding steroid dienone is 1. The molecule has 0 saturated carbocycles. The van der Waals surface area contributed by atoms with E-state index in [1.807, 2.05) is 44.2 Å². The van der Waals surface area contributed by atoms with Gasteiger partial charge in [0.15, 0.2) is 11.5 Å². The summed E-state index contributed by atoms with van der Waals surface area (Å²) in [5.41, 5.74) is 6.68. The van der Waals surface area contributed by atoms with Crippen LogP contribution in [0.25, 0.3) is 28.0 Å². The highest BCUT2D eigenvalue weighted by Gasteiger charge is 2.33. The maximum absolute atomic E-state index is 15.4. The number of nitrogens with two attached hydrogens (primary N) is 1. The zero-order chi connectivity index (χ0) is 31.2. The molecule has 0 bridgehead atoms. The Bertz CT molecular complexity index is 1760. The van der Waals surface area contributed by atoms with Crippen LogP contribution in [0.3, 0.4) is 0 Å². The number of carbonyl (C=O) groups is 1. The highest BCUT2D eigenvalue weighted by molar-refractivity contribution is 8.02. The van der Waals surface area contributed by atoms with Gasteiger partial charge in [0.25, 0.3) is 0 Å². The second-order valence-corrected chi connectivity index (χ2v) is 12.4. The zero-order valence-electron chi connectivity index (χ0n) is 24.2. The van der Waals surface area contributed by atoms with E-state index in [4.69, 9.17) is 33.9 Å². The Balaban J connectivity index is 1.84. The van der Waals surface area contributed by atoms with Crippen molar-refractivity contribution in [3.63, 3.8) is 0 Å². The van der Waals surface area contributed by atoms with Gasteiger partial charge >= 0.3 is 5.69 Å². The van der Waals surface area contributed by atoms with Gasteiger partial charge in [0.05, 0.1) is 38.4 Å². The van der Waals surface area contributed by atoms with Crippen molar-refractivity contribution in [2.45, 2.75) is 32.9 Å². The van der Waals surface area contributed by atoms with E-state index in [1.165, 1.54) is 34.5 Å². The summed E-state index contributed by atoms with van der Waals surface area (Å²) in [5, 5.41) is 3.84. The minimum absolute atomic E-state index is 0.0529. The van der Waals surface area contributed by atoms with E-state index in [9.17, 15) is 9.59 Å². The van der Waals surface area contributed by atoms with Crippen LogP contribution in [0.2, 0.25) is 10.0 Å². The van der Waals surface area contributed by atoms with E-state index in [-0.39, 0.29) is 56.5 Å². The average molecular weight is 645 g/mol. The number of nitrogen functional groups attached to an aromatic ring is 1. The molecule has 2 aliphatic rings. The van der Waals surface area contributed by atoms with Crippen LogP contribution in [0.4, 0.5) is 15.9 Å². The number of hydrogen-bond donors (Lipinski definition) is 2. The van der Waals surface area contributed by atoms with Gasteiger partial charge in [0.2, 0.25) is 5.91 Å². The summed E-state index contributed by atoms with van der Waals surface area (Å²) in [7, 11) is 0. The molecule has 226 valence electrons. The Kier molecular flexibility index (Phi) is 8.78. The number of benzene rings is 1. The number of hydrogen-bond acceptors (Lipinski definition) is 8. The molecule has 3 aromatic rings. The van der Waals surface area contributed by atoms with Crippen molar-refractivity contribution in [3.05, 3.63) is 74.4 Å². The second kappa shape index (κ2) is 12.2. The molecule has 5 rings (SSSR count). The first-order valence-corrected chi connectivity index (χ1v) is 15.7. The van der Waals surface area contributed by atoms with E-state index < -0.39 is 11.5 Å². The monoisotopic (exact) mass is 643 g/mol. The number of fused-ring (bicyclic) bond motifs is 1. The first-order valence-electron chi connectivity index (χ1n) is 13.7. The van der Waals surface area contributed by atoms with Crippen molar-refractivity contribution < 1.29 is 9.18 Å². The summed E-state index contributed by atoms with van der Waals surface area (Å²) in [6.07, 6.45) is 6.98. The lowest BCUT2D eigenvalue weighted by molar-refractivity contribution is -0.126. The lowest BCUT2D eigenvalue weighted by Crippen LogP contribution is -2.54. The average Bonchev–Trinajstić information content (AvgIpc) is 2.98. The van der Waals surface area contributed by atoms with Gasteiger partial charge in [0.1, 0.15) is 5.82 Å². The number of rotatable bonds is 6. The molecule has 1 unspecified atom stereocenters. The van der Waals surface area contributed by atoms with Gasteiger partial charge < -0.3 is 20.9 Å². The molecule has 43 heavy (non-hydrogen) atoms. The predicted octanol–water partition coefficient (Wildman–Crippen LogP) is 5.38. The van der Waals surface area contributed by atoms with Crippen molar-refractivity contribution in [2.75, 3.05) is 36.5 Å². The summed E-state index contributed by atoms with van der Waals surface area (Å²) in [5.74, 6) is -0.459. The number of pyridine rings is 1. The molecule has 13 heteroatoms. The minimum Gasteiger partial charge on any atom is -0.398 e. The smallest absolute Gasteiger partial charge is 0.355 e. The Morgan fingerprint density at radius 3 is 2.65 bits per heavy atom. The van der Waals surface area contributed by atoms with E-state index >= 15 is 4.39 Å². The SMILES string of the molecule is C=CC(=O)N1CCN(c2nc(=O)n(C3=C(SC)C=CNC3C(C)C)c3nc(-c4c(N)ccc(Cl)c4F)c(Cl)cc23)[C@@H](C)C1. The number of piperazine rings is 1. The number of aromatic nitrogens is 3. The van der Waals surface area contributed by atoms with Gasteiger partial charge in [0, 0.05) is 36.3 Å². The maximum atomic E-state index is 15.4. The molecule has 1 saturated heterocycles. The molecular formula is C30H32Cl2FN7O2S. The molecule has 1 fully saturated rings. The van der Waals surface area contributed by atoms with Crippen LogP contribution in [0, 0.1) is 11.7 Å². The molecule has 2 aliphatic heterocycles. The van der Waals surface area contributed by atoms with Crippen LogP contribution < -0.4 is 21.6 Å². The topological polar surface area (TPSA) is 109 Å². The number of thioether (sulfide) groups is 1. The summed E-state index contributed by atoms with van der Waals surface area (Å²) in [6.45, 7) is 10.9. The number of carbonyl (C=O) groups excluding carboxylic acids is 1. The number of nitrogens with zero attached hydrogens (tertiary/aromatic N) is 5. The lowest BCUT2D eigenvalue weighted by atomic mass is 9.98. The van der Waals surface area contributed by atoms with Gasteiger partial charge in [-0.1, -0.05) is 43.6 Å². The van der Waals surface area contributed by atoms with E-state index in [0.717, 1.165) is 4.91 Å². The Labute approximate surface area is 263 Å². The lowest BCUT2D eigenvalue weighted by Gasteiger charge is -2.40. The van der Waals surface area contributed by atoms with E-state index in [1.54, 1.807) is 11.0 Å². The van der Waals surface area contributed by atoms with Gasteiger partial charge in [-0.25, -0.2) is 18.7 Å². The Morgan fingerprint density at radius 1 is 1.26 bits per heavy atom. The van der Waals surface area contributed by atoms with Crippen molar-refractivity contribution >= 4 is 69.1 Å². The number of halogens is 3. The third-order valence-corrected chi connectivity index (χ3v) is 9.10. The first kappa shape index (κ1) is 30.9. The number of dihydropyridines is 1. The quantitative estimate of drug-likeness (QED) is 0.272. The molecule has 0 radical (unpaired) electrons. The Morgan fingerprint density at radius 2 is 2.00 bits per heavy atom. The molecule has 3 N–H and O–H groups in total. The summed E-state index contributed by atoms with van der Waals surface area (Å²) in [6, 6.07) is 4.05. The molecule has 9 nitrogen and oxygen atoms in total. The molecule has 2 atom stereocenters. The number of amides is 1. The summed E-state index contributed by atoms with van der Waals surface area (Å²) < 4.78 is 16.9. The summed E-state index contributed by atoms with van der Waals surface area (Å²) >= 11 is 14.4. The second-order valence-electron chi connectivity index (χ2n) is 10.8. The fraction of sp³-hybridized carbons (Fsp3) is 0.333. The fourth-order valence-electron chi connectivity index (χ4n) is 5.60. The van der Waals surface area contributed by atoms with E-state index in [2.05, 4.69) is 16.9 Å². The van der Waals surface area contributed by atoms with Crippen molar-refractivity contribution in [1.29, 1.82) is 0 Å². The summed E-state index contributed by atoms with van der Waals surface area (Å²) in [4.78, 5) is 40.4. The zero-order valence-corrected chi connectivity index (χ0v) is 26.5. The third-order valence-electron chi connectivity index (χ3n) is 7.74. The Hall–Kier alpha value is -3.54. The van der Waals surface area contributed by atoms with Crippen molar-refractivity contribution in [2.24, 2.45) is 5.92 Å². The molecule has 2 aromatic heterocycles. The van der Waals surface area contributed by atoms with E-state index in [0.29, 0.717) is 36.5 Å². The third kappa shape index (κ3) is 5.49. The number of nitrogens with one attached hydrogen (secondary N) is 1. The van der Waals surface area contributed by atoms with Crippen LogP contribution in [0.5, 0.6) is 0 Å². The molecule has 1 amide bonds. The molecule has 4 heterocycles. The predicted molar refractivity (Wildman–Crippen MR) is 175 cm³/mol. The van der Waals surface area contributed by atoms with Crippen LogP contribution in [-0.4, -0.2) is 63.3 Å². The molecule has 1 aromatic carbocycles. The van der Waals surface area contributed by atoms with Crippen LogP contribution in [0.15, 0.2) is 52.8 Å². The van der Waals surface area contributed by atoms with Crippen LogP contribution >= 0.6 is 35.0 Å². The molecule has 0 aliphatic carbocycles. The van der Waals surface area contributed by atoms with Gasteiger partial charge in [-0.2, -0.15) is 4.98 Å². The maximum Gasteiger partial charge on any atom is 0.355 e. The van der Waals surface area contributed by atoms with Crippen LogP contribution in [-0.2, 0) is 4.79 Å². The first-order chi connectivity index (χ1) is 20.5. The standard InChI is InChI=1S/C30H32Cl2FN7O2S/c1-6-22(41)38-11-12-39(16(4)14-38)28-17-13-19(32)26(23-20(34)8-7-18(31)24(23)33)36-29(17)40(30(42)37-28)27-21(43-5)9-10-35-25(27)15(2)3/h6-10,13,15-16,25,35H,1,11-12,14,34H2,2-5H3/t16-,25?/m0/s1. The minimum atomic E-state index is -0.762. The van der Waals surface area contributed by atoms with Crippen LogP contribution in [0.1, 0.15) is 20.8 Å². The fourth-order valence-corrected chi connectivity index (χ4v) is 6.63. The molecular weight excluding hydrogens is 612 g/mol. The number of anilines is 2. The van der Waals surface area contributed by atoms with Crippen molar-refractivity contribution in [3.8, 4) is 11.3 Å². The normalized spacial score (nSPS) is 18.9.